The SMILES string of the molecule is C#CCCCNCC1CCCN1CC. The Morgan fingerprint density at radius 2 is 2.43 bits per heavy atom. The smallest absolute Gasteiger partial charge is 0.0220 e. The second-order valence-electron chi connectivity index (χ2n) is 3.94. The average Bonchev–Trinajstić information content (AvgIpc) is 2.65. The van der Waals surface area contributed by atoms with Crippen molar-refractivity contribution >= 4 is 0 Å². The molecular weight excluding hydrogens is 172 g/mol. The molecule has 0 aromatic carbocycles. The van der Waals surface area contributed by atoms with Crippen LogP contribution in [-0.4, -0.2) is 37.1 Å². The van der Waals surface area contributed by atoms with Crippen molar-refractivity contribution in [3.05, 3.63) is 0 Å². The molecule has 1 atom stereocenters. The lowest BCUT2D eigenvalue weighted by Gasteiger charge is -2.22. The van der Waals surface area contributed by atoms with Gasteiger partial charge in [-0.25, -0.2) is 0 Å². The van der Waals surface area contributed by atoms with Crippen LogP contribution >= 0.6 is 0 Å². The first kappa shape index (κ1) is 11.6. The van der Waals surface area contributed by atoms with Gasteiger partial charge in [-0.15, -0.1) is 12.3 Å². The van der Waals surface area contributed by atoms with Gasteiger partial charge in [-0.3, -0.25) is 4.90 Å². The molecule has 1 unspecified atom stereocenters. The predicted octanol–water partition coefficient (Wildman–Crippen LogP) is 1.47. The van der Waals surface area contributed by atoms with E-state index in [1.54, 1.807) is 0 Å². The molecule has 0 amide bonds. The maximum absolute atomic E-state index is 5.19. The van der Waals surface area contributed by atoms with Crippen molar-refractivity contribution in [1.82, 2.24) is 10.2 Å². The van der Waals surface area contributed by atoms with Gasteiger partial charge in [0.15, 0.2) is 0 Å². The summed E-state index contributed by atoms with van der Waals surface area (Å²) in [4.78, 5) is 2.56. The molecule has 1 saturated heterocycles. The molecule has 80 valence electrons. The van der Waals surface area contributed by atoms with E-state index >= 15 is 0 Å². The Balaban J connectivity index is 2.03. The van der Waals surface area contributed by atoms with Crippen molar-refractivity contribution in [2.45, 2.75) is 38.6 Å². The van der Waals surface area contributed by atoms with E-state index in [1.807, 2.05) is 0 Å². The molecular formula is C12H22N2. The topological polar surface area (TPSA) is 15.3 Å². The average molecular weight is 194 g/mol. The van der Waals surface area contributed by atoms with Crippen molar-refractivity contribution in [1.29, 1.82) is 0 Å². The Kier molecular flexibility index (Phi) is 5.66. The molecule has 0 saturated carbocycles. The van der Waals surface area contributed by atoms with E-state index in [9.17, 15) is 0 Å². The lowest BCUT2D eigenvalue weighted by molar-refractivity contribution is 0.260. The summed E-state index contributed by atoms with van der Waals surface area (Å²) in [5.41, 5.74) is 0. The highest BCUT2D eigenvalue weighted by atomic mass is 15.2. The molecule has 1 fully saturated rings. The molecule has 1 heterocycles. The van der Waals surface area contributed by atoms with Gasteiger partial charge in [-0.2, -0.15) is 0 Å². The zero-order valence-corrected chi connectivity index (χ0v) is 9.26. The first-order chi connectivity index (χ1) is 6.88. The van der Waals surface area contributed by atoms with E-state index in [0.717, 1.165) is 32.0 Å². The summed E-state index contributed by atoms with van der Waals surface area (Å²) in [6.45, 7) is 6.93. The van der Waals surface area contributed by atoms with Crippen LogP contribution in [0, 0.1) is 12.3 Å². The minimum absolute atomic E-state index is 0.769. The standard InChI is InChI=1S/C12H22N2/c1-3-5-6-9-13-11-12-8-7-10-14(12)4-2/h1,12-13H,4-11H2,2H3. The van der Waals surface area contributed by atoms with Crippen LogP contribution in [0.1, 0.15) is 32.6 Å². The minimum atomic E-state index is 0.769. The third-order valence-corrected chi connectivity index (χ3v) is 2.96. The van der Waals surface area contributed by atoms with Crippen molar-refractivity contribution in [3.63, 3.8) is 0 Å². The fourth-order valence-corrected chi connectivity index (χ4v) is 2.13. The molecule has 0 aromatic rings. The summed E-state index contributed by atoms with van der Waals surface area (Å²) in [6.07, 6.45) is 9.92. The summed E-state index contributed by atoms with van der Waals surface area (Å²) in [5.74, 6) is 2.67. The number of likely N-dealkylation sites (N-methyl/N-ethyl adjacent to an activating group) is 1. The maximum Gasteiger partial charge on any atom is 0.0220 e. The number of nitrogens with zero attached hydrogens (tertiary/aromatic N) is 1. The second kappa shape index (κ2) is 6.86. The summed E-state index contributed by atoms with van der Waals surface area (Å²) in [5, 5.41) is 3.49. The van der Waals surface area contributed by atoms with Crippen molar-refractivity contribution in [3.8, 4) is 12.3 Å². The third-order valence-electron chi connectivity index (χ3n) is 2.96. The van der Waals surface area contributed by atoms with E-state index in [0.29, 0.717) is 0 Å². The first-order valence-electron chi connectivity index (χ1n) is 5.76. The van der Waals surface area contributed by atoms with Crippen molar-refractivity contribution < 1.29 is 0 Å². The van der Waals surface area contributed by atoms with Crippen LogP contribution in [-0.2, 0) is 0 Å². The van der Waals surface area contributed by atoms with Gasteiger partial charge in [-0.1, -0.05) is 6.92 Å². The van der Waals surface area contributed by atoms with E-state index in [2.05, 4.69) is 23.1 Å². The van der Waals surface area contributed by atoms with Crippen LogP contribution in [0.15, 0.2) is 0 Å². The third kappa shape index (κ3) is 3.69. The minimum Gasteiger partial charge on any atom is -0.315 e. The highest BCUT2D eigenvalue weighted by Gasteiger charge is 2.21. The summed E-state index contributed by atoms with van der Waals surface area (Å²) in [7, 11) is 0. The zero-order chi connectivity index (χ0) is 10.2. The van der Waals surface area contributed by atoms with Crippen LogP contribution in [0.5, 0.6) is 0 Å². The van der Waals surface area contributed by atoms with E-state index in [4.69, 9.17) is 6.42 Å². The normalized spacial score (nSPS) is 22.4. The van der Waals surface area contributed by atoms with Crippen LogP contribution in [0.2, 0.25) is 0 Å². The molecule has 1 aliphatic rings. The fourth-order valence-electron chi connectivity index (χ4n) is 2.13. The van der Waals surface area contributed by atoms with Crippen LogP contribution in [0.25, 0.3) is 0 Å². The van der Waals surface area contributed by atoms with Crippen LogP contribution in [0.3, 0.4) is 0 Å². The zero-order valence-electron chi connectivity index (χ0n) is 9.26. The number of terminal acetylenes is 1. The molecule has 0 aliphatic carbocycles. The Morgan fingerprint density at radius 3 is 3.14 bits per heavy atom. The van der Waals surface area contributed by atoms with Gasteiger partial charge in [0, 0.05) is 19.0 Å². The summed E-state index contributed by atoms with van der Waals surface area (Å²) < 4.78 is 0. The maximum atomic E-state index is 5.19. The molecule has 1 N–H and O–H groups in total. The van der Waals surface area contributed by atoms with Gasteiger partial charge in [0.2, 0.25) is 0 Å². The molecule has 0 spiro atoms. The quantitative estimate of drug-likeness (QED) is 0.509. The lowest BCUT2D eigenvalue weighted by atomic mass is 10.2. The van der Waals surface area contributed by atoms with E-state index in [1.165, 1.54) is 25.9 Å². The molecule has 0 bridgehead atoms. The lowest BCUT2D eigenvalue weighted by Crippen LogP contribution is -2.38. The summed E-state index contributed by atoms with van der Waals surface area (Å²) >= 11 is 0. The molecule has 0 aromatic heterocycles. The number of likely N-dealkylation sites (tertiary alicyclic amines) is 1. The first-order valence-corrected chi connectivity index (χ1v) is 5.76. The van der Waals surface area contributed by atoms with Crippen LogP contribution < -0.4 is 5.32 Å². The van der Waals surface area contributed by atoms with Gasteiger partial charge >= 0.3 is 0 Å². The Bertz CT molecular complexity index is 183. The molecule has 2 heteroatoms. The predicted molar refractivity (Wildman–Crippen MR) is 61.2 cm³/mol. The molecule has 14 heavy (non-hydrogen) atoms. The van der Waals surface area contributed by atoms with E-state index < -0.39 is 0 Å². The van der Waals surface area contributed by atoms with Gasteiger partial charge in [0.05, 0.1) is 0 Å². The van der Waals surface area contributed by atoms with Crippen LogP contribution in [0.4, 0.5) is 0 Å². The summed E-state index contributed by atoms with van der Waals surface area (Å²) in [6, 6.07) is 0.769. The number of rotatable bonds is 6. The molecule has 1 aliphatic heterocycles. The molecule has 0 radical (unpaired) electrons. The van der Waals surface area contributed by atoms with Gasteiger partial charge < -0.3 is 5.32 Å². The number of unbranched alkanes of at least 4 members (excludes halogenated alkanes) is 1. The van der Waals surface area contributed by atoms with Gasteiger partial charge in [0.1, 0.15) is 0 Å². The van der Waals surface area contributed by atoms with Crippen molar-refractivity contribution in [2.24, 2.45) is 0 Å². The highest BCUT2D eigenvalue weighted by Crippen LogP contribution is 2.15. The molecule has 2 nitrogen and oxygen atoms in total. The monoisotopic (exact) mass is 194 g/mol. The Hall–Kier alpha value is -0.520. The second-order valence-corrected chi connectivity index (χ2v) is 3.94. The molecule has 1 rings (SSSR count). The number of hydrogen-bond donors (Lipinski definition) is 1. The highest BCUT2D eigenvalue weighted by molar-refractivity contribution is 4.84. The largest absolute Gasteiger partial charge is 0.315 e. The Labute approximate surface area is 88.1 Å². The number of hydrogen-bond acceptors (Lipinski definition) is 2. The van der Waals surface area contributed by atoms with Crippen molar-refractivity contribution in [2.75, 3.05) is 26.2 Å². The number of nitrogens with one attached hydrogen (secondary N) is 1. The fraction of sp³-hybridized carbons (Fsp3) is 0.833. The van der Waals surface area contributed by atoms with Gasteiger partial charge in [0.25, 0.3) is 0 Å². The Morgan fingerprint density at radius 1 is 1.57 bits per heavy atom. The van der Waals surface area contributed by atoms with Gasteiger partial charge in [-0.05, 0) is 38.9 Å². The van der Waals surface area contributed by atoms with E-state index in [-0.39, 0.29) is 0 Å².